The van der Waals surface area contributed by atoms with Gasteiger partial charge in [0.25, 0.3) is 0 Å². The minimum atomic E-state index is -1.11. The van der Waals surface area contributed by atoms with Gasteiger partial charge in [0, 0.05) is 24.8 Å². The van der Waals surface area contributed by atoms with Crippen LogP contribution >= 0.6 is 0 Å². The number of hydrogen-bond acceptors (Lipinski definition) is 5. The summed E-state index contributed by atoms with van der Waals surface area (Å²) in [5.74, 6) is -1.83. The second-order valence-electron chi connectivity index (χ2n) is 7.44. The highest BCUT2D eigenvalue weighted by molar-refractivity contribution is 5.85. The number of carbonyl (C=O) groups excluding carboxylic acids is 2. The molecule has 6 N–H and O–H groups in total. The Kier molecular flexibility index (Phi) is 10.8. The molecule has 0 bridgehead atoms. The molecule has 162 valence electrons. The number of hydrogen-bond donors (Lipinski definition) is 5. The maximum atomic E-state index is 12.3. The SMILES string of the molecule is CC(CCCN)C(=O)NCCCC(C)C(=O)NC(Cc1ccc(O)cc1)C(=O)O. The van der Waals surface area contributed by atoms with Crippen LogP contribution in [0.15, 0.2) is 24.3 Å². The van der Waals surface area contributed by atoms with Gasteiger partial charge >= 0.3 is 5.97 Å². The van der Waals surface area contributed by atoms with Gasteiger partial charge in [0.15, 0.2) is 0 Å². The lowest BCUT2D eigenvalue weighted by Crippen LogP contribution is -2.44. The van der Waals surface area contributed by atoms with Crippen molar-refractivity contribution >= 4 is 17.8 Å². The smallest absolute Gasteiger partial charge is 0.326 e. The number of phenolic OH excluding ortho intramolecular Hbond substituents is 1. The topological polar surface area (TPSA) is 142 Å². The predicted molar refractivity (Wildman–Crippen MR) is 110 cm³/mol. The zero-order chi connectivity index (χ0) is 21.8. The number of phenols is 1. The number of carboxylic acid groups (broad SMARTS) is 1. The maximum absolute atomic E-state index is 12.3. The molecule has 3 atom stereocenters. The van der Waals surface area contributed by atoms with Crippen LogP contribution in [0, 0.1) is 11.8 Å². The lowest BCUT2D eigenvalue weighted by atomic mass is 10.0. The Bertz CT molecular complexity index is 663. The van der Waals surface area contributed by atoms with Gasteiger partial charge in [-0.1, -0.05) is 26.0 Å². The molecule has 8 heteroatoms. The minimum absolute atomic E-state index is 0.0182. The third-order valence-electron chi connectivity index (χ3n) is 4.84. The van der Waals surface area contributed by atoms with E-state index in [2.05, 4.69) is 10.6 Å². The van der Waals surface area contributed by atoms with Gasteiger partial charge in [-0.2, -0.15) is 0 Å². The molecular weight excluding hydrogens is 374 g/mol. The van der Waals surface area contributed by atoms with E-state index in [9.17, 15) is 24.6 Å². The third kappa shape index (κ3) is 9.43. The Hall–Kier alpha value is -2.61. The van der Waals surface area contributed by atoms with Crippen LogP contribution in [0.4, 0.5) is 0 Å². The van der Waals surface area contributed by atoms with Crippen LogP contribution in [0.2, 0.25) is 0 Å². The molecule has 0 aliphatic heterocycles. The predicted octanol–water partition coefficient (Wildman–Crippen LogP) is 1.41. The highest BCUT2D eigenvalue weighted by Crippen LogP contribution is 2.12. The summed E-state index contributed by atoms with van der Waals surface area (Å²) < 4.78 is 0. The standard InChI is InChI=1S/C21H33N3O5/c1-14(5-3-11-22)19(26)23-12-4-6-15(2)20(27)24-18(21(28)29)13-16-7-9-17(25)10-8-16/h7-10,14-15,18,25H,3-6,11-13,22H2,1-2H3,(H,23,26)(H,24,27)(H,28,29). The first kappa shape index (κ1) is 24.4. The molecule has 1 rings (SSSR count). The van der Waals surface area contributed by atoms with E-state index in [0.29, 0.717) is 31.5 Å². The van der Waals surface area contributed by atoms with Gasteiger partial charge in [-0.25, -0.2) is 4.79 Å². The number of carboxylic acids is 1. The second-order valence-corrected chi connectivity index (χ2v) is 7.44. The molecule has 2 amide bonds. The van der Waals surface area contributed by atoms with Gasteiger partial charge < -0.3 is 26.6 Å². The quantitative estimate of drug-likeness (QED) is 0.313. The molecule has 0 heterocycles. The molecule has 1 aromatic carbocycles. The average molecular weight is 408 g/mol. The Morgan fingerprint density at radius 2 is 1.59 bits per heavy atom. The van der Waals surface area contributed by atoms with Gasteiger partial charge in [0.05, 0.1) is 0 Å². The van der Waals surface area contributed by atoms with Crippen molar-refractivity contribution in [1.82, 2.24) is 10.6 Å². The van der Waals surface area contributed by atoms with Crippen molar-refractivity contribution in [2.24, 2.45) is 17.6 Å². The van der Waals surface area contributed by atoms with Crippen molar-refractivity contribution < 1.29 is 24.6 Å². The van der Waals surface area contributed by atoms with E-state index in [0.717, 1.165) is 12.8 Å². The van der Waals surface area contributed by atoms with Crippen molar-refractivity contribution in [3.8, 4) is 5.75 Å². The number of carbonyl (C=O) groups is 3. The minimum Gasteiger partial charge on any atom is -0.508 e. The summed E-state index contributed by atoms with van der Waals surface area (Å²) >= 11 is 0. The van der Waals surface area contributed by atoms with Gasteiger partial charge in [-0.15, -0.1) is 0 Å². The van der Waals surface area contributed by atoms with Crippen LogP contribution in [-0.2, 0) is 20.8 Å². The molecule has 0 radical (unpaired) electrons. The van der Waals surface area contributed by atoms with Crippen LogP contribution in [0.25, 0.3) is 0 Å². The lowest BCUT2D eigenvalue weighted by molar-refractivity contribution is -0.142. The Labute approximate surface area is 171 Å². The fraction of sp³-hybridized carbons (Fsp3) is 0.571. The molecule has 0 fully saturated rings. The van der Waals surface area contributed by atoms with E-state index < -0.39 is 12.0 Å². The van der Waals surface area contributed by atoms with Gasteiger partial charge in [-0.05, 0) is 49.9 Å². The number of nitrogens with one attached hydrogen (secondary N) is 2. The van der Waals surface area contributed by atoms with Crippen LogP contribution in [0.3, 0.4) is 0 Å². The van der Waals surface area contributed by atoms with Crippen LogP contribution < -0.4 is 16.4 Å². The first-order chi connectivity index (χ1) is 13.7. The molecule has 29 heavy (non-hydrogen) atoms. The van der Waals surface area contributed by atoms with Crippen LogP contribution in [-0.4, -0.2) is 47.1 Å². The highest BCUT2D eigenvalue weighted by atomic mass is 16.4. The molecule has 1 aromatic rings. The molecule has 0 saturated carbocycles. The molecule has 8 nitrogen and oxygen atoms in total. The summed E-state index contributed by atoms with van der Waals surface area (Å²) in [4.78, 5) is 35.8. The fourth-order valence-electron chi connectivity index (χ4n) is 2.86. The Morgan fingerprint density at radius 1 is 1.00 bits per heavy atom. The summed E-state index contributed by atoms with van der Waals surface area (Å²) in [6.45, 7) is 4.63. The Balaban J connectivity index is 2.40. The molecule has 0 aliphatic carbocycles. The average Bonchev–Trinajstić information content (AvgIpc) is 2.69. The van der Waals surface area contributed by atoms with Gasteiger partial charge in [0.1, 0.15) is 11.8 Å². The molecule has 0 spiro atoms. The summed E-state index contributed by atoms with van der Waals surface area (Å²) in [7, 11) is 0. The zero-order valence-corrected chi connectivity index (χ0v) is 17.2. The van der Waals surface area contributed by atoms with Crippen molar-refractivity contribution in [3.63, 3.8) is 0 Å². The summed E-state index contributed by atoms with van der Waals surface area (Å²) in [5.41, 5.74) is 6.15. The largest absolute Gasteiger partial charge is 0.508 e. The summed E-state index contributed by atoms with van der Waals surface area (Å²) in [5, 5.41) is 24.1. The number of aliphatic carboxylic acids is 1. The summed E-state index contributed by atoms with van der Waals surface area (Å²) in [6, 6.07) is 5.15. The lowest BCUT2D eigenvalue weighted by Gasteiger charge is -2.18. The number of amides is 2. The van der Waals surface area contributed by atoms with Gasteiger partial charge in [-0.3, -0.25) is 9.59 Å². The van der Waals surface area contributed by atoms with Gasteiger partial charge in [0.2, 0.25) is 11.8 Å². The molecule has 0 aliphatic rings. The second kappa shape index (κ2) is 12.8. The van der Waals surface area contributed by atoms with E-state index in [1.54, 1.807) is 19.1 Å². The first-order valence-corrected chi connectivity index (χ1v) is 10.0. The Morgan fingerprint density at radius 3 is 2.17 bits per heavy atom. The van der Waals surface area contributed by atoms with Crippen molar-refractivity contribution in [3.05, 3.63) is 29.8 Å². The molecule has 0 aromatic heterocycles. The van der Waals surface area contributed by atoms with E-state index in [1.807, 2.05) is 6.92 Å². The van der Waals surface area contributed by atoms with Crippen molar-refractivity contribution in [2.45, 2.75) is 52.0 Å². The monoisotopic (exact) mass is 407 g/mol. The highest BCUT2D eigenvalue weighted by Gasteiger charge is 2.23. The summed E-state index contributed by atoms with van der Waals surface area (Å²) in [6.07, 6.45) is 2.85. The van der Waals surface area contributed by atoms with E-state index in [-0.39, 0.29) is 35.8 Å². The molecule has 3 unspecified atom stereocenters. The first-order valence-electron chi connectivity index (χ1n) is 10.0. The number of nitrogens with two attached hydrogens (primary N) is 1. The van der Waals surface area contributed by atoms with Crippen molar-refractivity contribution in [2.75, 3.05) is 13.1 Å². The zero-order valence-electron chi connectivity index (χ0n) is 17.2. The van der Waals surface area contributed by atoms with E-state index >= 15 is 0 Å². The number of aromatic hydroxyl groups is 1. The maximum Gasteiger partial charge on any atom is 0.326 e. The van der Waals surface area contributed by atoms with Crippen LogP contribution in [0.1, 0.15) is 45.1 Å². The molecule has 0 saturated heterocycles. The fourth-order valence-corrected chi connectivity index (χ4v) is 2.86. The van der Waals surface area contributed by atoms with Crippen LogP contribution in [0.5, 0.6) is 5.75 Å². The molecular formula is C21H33N3O5. The third-order valence-corrected chi connectivity index (χ3v) is 4.84. The number of benzene rings is 1. The van der Waals surface area contributed by atoms with E-state index in [4.69, 9.17) is 5.73 Å². The number of rotatable bonds is 13. The van der Waals surface area contributed by atoms with E-state index in [1.165, 1.54) is 12.1 Å². The van der Waals surface area contributed by atoms with Crippen molar-refractivity contribution in [1.29, 1.82) is 0 Å². The normalized spacial score (nSPS) is 13.9.